The van der Waals surface area contributed by atoms with Gasteiger partial charge in [0.15, 0.2) is 5.65 Å². The topological polar surface area (TPSA) is 90.0 Å². The van der Waals surface area contributed by atoms with Crippen molar-refractivity contribution in [2.75, 3.05) is 17.7 Å². The minimum absolute atomic E-state index is 0.489. The van der Waals surface area contributed by atoms with Gasteiger partial charge >= 0.3 is 0 Å². The molecule has 0 aliphatic heterocycles. The molecule has 132 valence electrons. The fourth-order valence-corrected chi connectivity index (χ4v) is 2.61. The van der Waals surface area contributed by atoms with Crippen LogP contribution in [0.5, 0.6) is 5.75 Å². The van der Waals surface area contributed by atoms with Crippen molar-refractivity contribution < 1.29 is 9.15 Å². The number of rotatable bonds is 6. The lowest BCUT2D eigenvalue weighted by Gasteiger charge is -2.10. The number of nitrogens with one attached hydrogen (secondary N) is 2. The van der Waals surface area contributed by atoms with Crippen LogP contribution in [0.4, 0.5) is 17.5 Å². The second kappa shape index (κ2) is 6.75. The van der Waals surface area contributed by atoms with Crippen LogP contribution in [0.25, 0.3) is 11.0 Å². The van der Waals surface area contributed by atoms with Gasteiger partial charge in [0.05, 0.1) is 31.5 Å². The first-order valence-electron chi connectivity index (χ1n) is 8.10. The highest BCUT2D eigenvalue weighted by atomic mass is 16.5. The number of ether oxygens (including phenoxy) is 1. The van der Waals surface area contributed by atoms with Gasteiger partial charge in [-0.1, -0.05) is 6.07 Å². The molecular formula is C18H18N6O2. The summed E-state index contributed by atoms with van der Waals surface area (Å²) in [6.45, 7) is 0.495. The smallest absolute Gasteiger partial charge is 0.227 e. The molecule has 0 spiro atoms. The molecule has 1 aromatic carbocycles. The molecule has 26 heavy (non-hydrogen) atoms. The maximum Gasteiger partial charge on any atom is 0.227 e. The van der Waals surface area contributed by atoms with E-state index in [-0.39, 0.29) is 0 Å². The van der Waals surface area contributed by atoms with Crippen LogP contribution in [-0.4, -0.2) is 26.9 Å². The molecule has 4 rings (SSSR count). The van der Waals surface area contributed by atoms with E-state index in [0.717, 1.165) is 28.2 Å². The Morgan fingerprint density at radius 1 is 1.19 bits per heavy atom. The summed E-state index contributed by atoms with van der Waals surface area (Å²) < 4.78 is 12.3. The summed E-state index contributed by atoms with van der Waals surface area (Å²) in [6, 6.07) is 11.4. The van der Waals surface area contributed by atoms with Gasteiger partial charge in [0.2, 0.25) is 5.95 Å². The van der Waals surface area contributed by atoms with E-state index in [1.807, 2.05) is 43.4 Å². The molecular weight excluding hydrogens is 332 g/mol. The molecule has 0 aliphatic carbocycles. The number of aryl methyl sites for hydroxylation is 1. The third-order valence-corrected chi connectivity index (χ3v) is 3.93. The molecule has 8 nitrogen and oxygen atoms in total. The van der Waals surface area contributed by atoms with Gasteiger partial charge in [-0.25, -0.2) is 0 Å². The van der Waals surface area contributed by atoms with Crippen LogP contribution >= 0.6 is 0 Å². The molecule has 0 saturated carbocycles. The summed E-state index contributed by atoms with van der Waals surface area (Å²) in [7, 11) is 3.49. The van der Waals surface area contributed by atoms with Gasteiger partial charge in [-0.2, -0.15) is 15.1 Å². The van der Waals surface area contributed by atoms with Crippen molar-refractivity contribution in [3.8, 4) is 5.75 Å². The number of hydrogen-bond donors (Lipinski definition) is 2. The number of benzene rings is 1. The average molecular weight is 350 g/mol. The van der Waals surface area contributed by atoms with Crippen LogP contribution in [0.1, 0.15) is 5.76 Å². The molecule has 0 unspecified atom stereocenters. The predicted octanol–water partition coefficient (Wildman–Crippen LogP) is 3.32. The quantitative estimate of drug-likeness (QED) is 0.551. The fraction of sp³-hybridized carbons (Fsp3) is 0.167. The Balaban J connectivity index is 1.67. The maximum atomic E-state index is 5.34. The van der Waals surface area contributed by atoms with Crippen molar-refractivity contribution in [1.29, 1.82) is 0 Å². The SMILES string of the molecule is COc1cccc(Nc2nc(NCc3ccco3)nc3c2cnn3C)c1. The summed E-state index contributed by atoms with van der Waals surface area (Å²) in [5, 5.41) is 11.6. The third kappa shape index (κ3) is 3.16. The zero-order chi connectivity index (χ0) is 17.9. The Morgan fingerprint density at radius 2 is 2.12 bits per heavy atom. The first-order chi connectivity index (χ1) is 12.7. The molecule has 0 radical (unpaired) electrons. The van der Waals surface area contributed by atoms with E-state index < -0.39 is 0 Å². The average Bonchev–Trinajstić information content (AvgIpc) is 3.31. The third-order valence-electron chi connectivity index (χ3n) is 3.93. The predicted molar refractivity (Wildman–Crippen MR) is 98.6 cm³/mol. The zero-order valence-electron chi connectivity index (χ0n) is 14.4. The number of nitrogens with zero attached hydrogens (tertiary/aromatic N) is 4. The van der Waals surface area contributed by atoms with Crippen molar-refractivity contribution in [2.45, 2.75) is 6.54 Å². The lowest BCUT2D eigenvalue weighted by molar-refractivity contribution is 0.415. The van der Waals surface area contributed by atoms with Crippen molar-refractivity contribution in [3.05, 3.63) is 54.6 Å². The van der Waals surface area contributed by atoms with Crippen LogP contribution in [-0.2, 0) is 13.6 Å². The summed E-state index contributed by atoms with van der Waals surface area (Å²) in [5.41, 5.74) is 1.59. The van der Waals surface area contributed by atoms with Gasteiger partial charge < -0.3 is 19.8 Å². The second-order valence-corrected chi connectivity index (χ2v) is 5.69. The van der Waals surface area contributed by atoms with E-state index in [2.05, 4.69) is 25.7 Å². The molecule has 0 aliphatic rings. The van der Waals surface area contributed by atoms with Gasteiger partial charge in [-0.15, -0.1) is 0 Å². The highest BCUT2D eigenvalue weighted by Gasteiger charge is 2.12. The Kier molecular flexibility index (Phi) is 4.14. The number of furan rings is 1. The normalized spacial score (nSPS) is 10.8. The molecule has 4 aromatic rings. The molecule has 3 aromatic heterocycles. The first-order valence-corrected chi connectivity index (χ1v) is 8.10. The minimum Gasteiger partial charge on any atom is -0.497 e. The van der Waals surface area contributed by atoms with Gasteiger partial charge in [0.25, 0.3) is 0 Å². The highest BCUT2D eigenvalue weighted by Crippen LogP contribution is 2.26. The standard InChI is InChI=1S/C18H18N6O2/c1-24-17-15(11-20-24)16(21-12-5-3-6-13(9-12)25-2)22-18(23-17)19-10-14-7-4-8-26-14/h3-9,11H,10H2,1-2H3,(H2,19,21,22,23). The number of hydrogen-bond acceptors (Lipinski definition) is 7. The monoisotopic (exact) mass is 350 g/mol. The van der Waals surface area contributed by atoms with Crippen LogP contribution < -0.4 is 15.4 Å². The Bertz CT molecular complexity index is 1030. The molecule has 8 heteroatoms. The molecule has 2 N–H and O–H groups in total. The number of fused-ring (bicyclic) bond motifs is 1. The van der Waals surface area contributed by atoms with E-state index in [4.69, 9.17) is 9.15 Å². The molecule has 3 heterocycles. The lowest BCUT2D eigenvalue weighted by Crippen LogP contribution is -2.06. The van der Waals surface area contributed by atoms with Crippen LogP contribution in [0.2, 0.25) is 0 Å². The van der Waals surface area contributed by atoms with E-state index >= 15 is 0 Å². The fourth-order valence-electron chi connectivity index (χ4n) is 2.61. The zero-order valence-corrected chi connectivity index (χ0v) is 14.4. The molecule has 0 atom stereocenters. The summed E-state index contributed by atoms with van der Waals surface area (Å²) >= 11 is 0. The van der Waals surface area contributed by atoms with Gasteiger partial charge in [-0.05, 0) is 24.3 Å². The Labute approximate surface area is 149 Å². The molecule has 0 saturated heterocycles. The largest absolute Gasteiger partial charge is 0.497 e. The summed E-state index contributed by atoms with van der Waals surface area (Å²) in [6.07, 6.45) is 3.38. The van der Waals surface area contributed by atoms with Crippen molar-refractivity contribution in [3.63, 3.8) is 0 Å². The van der Waals surface area contributed by atoms with E-state index in [9.17, 15) is 0 Å². The van der Waals surface area contributed by atoms with Crippen molar-refractivity contribution in [1.82, 2.24) is 19.7 Å². The Morgan fingerprint density at radius 3 is 2.92 bits per heavy atom. The maximum absolute atomic E-state index is 5.34. The summed E-state index contributed by atoms with van der Waals surface area (Å²) in [5.74, 6) is 2.73. The Hall–Kier alpha value is -3.55. The van der Waals surface area contributed by atoms with Crippen LogP contribution in [0.15, 0.2) is 53.3 Å². The van der Waals surface area contributed by atoms with Crippen molar-refractivity contribution in [2.24, 2.45) is 7.05 Å². The second-order valence-electron chi connectivity index (χ2n) is 5.69. The molecule has 0 amide bonds. The number of methoxy groups -OCH3 is 1. The van der Waals surface area contributed by atoms with E-state index in [1.54, 1.807) is 24.3 Å². The number of aromatic nitrogens is 4. The number of anilines is 3. The summed E-state index contributed by atoms with van der Waals surface area (Å²) in [4.78, 5) is 9.14. The van der Waals surface area contributed by atoms with Gasteiger partial charge in [0.1, 0.15) is 17.3 Å². The molecule has 0 bridgehead atoms. The van der Waals surface area contributed by atoms with Crippen LogP contribution in [0, 0.1) is 0 Å². The van der Waals surface area contributed by atoms with Crippen LogP contribution in [0.3, 0.4) is 0 Å². The van der Waals surface area contributed by atoms with Crippen molar-refractivity contribution >= 4 is 28.5 Å². The van der Waals surface area contributed by atoms with E-state index in [0.29, 0.717) is 18.3 Å². The van der Waals surface area contributed by atoms with E-state index in [1.165, 1.54) is 0 Å². The minimum atomic E-state index is 0.489. The first kappa shape index (κ1) is 15.9. The highest BCUT2D eigenvalue weighted by molar-refractivity contribution is 5.89. The van der Waals surface area contributed by atoms with Gasteiger partial charge in [0, 0.05) is 18.8 Å². The lowest BCUT2D eigenvalue weighted by atomic mass is 10.3. The van der Waals surface area contributed by atoms with Gasteiger partial charge in [-0.3, -0.25) is 4.68 Å². The molecule has 0 fully saturated rings.